The third-order valence-corrected chi connectivity index (χ3v) is 4.74. The van der Waals surface area contributed by atoms with Crippen molar-refractivity contribution in [2.75, 3.05) is 6.61 Å². The van der Waals surface area contributed by atoms with E-state index in [9.17, 15) is 20.1 Å². The lowest BCUT2D eigenvalue weighted by Crippen LogP contribution is -2.52. The number of aliphatic hydroxyl groups is 3. The van der Waals surface area contributed by atoms with Gasteiger partial charge in [0.15, 0.2) is 11.4 Å². The molecule has 0 saturated heterocycles. The van der Waals surface area contributed by atoms with Crippen molar-refractivity contribution >= 4 is 5.78 Å². The van der Waals surface area contributed by atoms with Crippen molar-refractivity contribution < 1.29 is 20.1 Å². The lowest BCUT2D eigenvalue weighted by molar-refractivity contribution is -0.134. The summed E-state index contributed by atoms with van der Waals surface area (Å²) < 4.78 is 0. The molecule has 0 aliphatic heterocycles. The Morgan fingerprint density at radius 2 is 2.21 bits per heavy atom. The van der Waals surface area contributed by atoms with E-state index in [4.69, 9.17) is 0 Å². The van der Waals surface area contributed by atoms with E-state index < -0.39 is 29.5 Å². The molecule has 0 amide bonds. The van der Waals surface area contributed by atoms with Crippen LogP contribution in [0.15, 0.2) is 36.0 Å². The van der Waals surface area contributed by atoms with Crippen molar-refractivity contribution in [2.24, 2.45) is 11.3 Å². The molecular formula is C15H20O4. The minimum absolute atomic E-state index is 0.102. The van der Waals surface area contributed by atoms with Gasteiger partial charge in [-0.15, -0.1) is 0 Å². The number of allylic oxidation sites excluding steroid dienone is 2. The Morgan fingerprint density at radius 3 is 2.79 bits per heavy atom. The van der Waals surface area contributed by atoms with Gasteiger partial charge in [0.1, 0.15) is 0 Å². The molecule has 4 nitrogen and oxygen atoms in total. The molecule has 0 aromatic carbocycles. The zero-order chi connectivity index (χ0) is 14.4. The maximum atomic E-state index is 12.1. The topological polar surface area (TPSA) is 77.8 Å². The molecule has 19 heavy (non-hydrogen) atoms. The standard InChI is InChI=1S/C15H20O4/c1-9(7-16)15(19)8-14(3)10(2)12(17)5-4-11(14)6-13(15)18/h4-6,10,12,16-17,19H,1,7-8H2,2-3H3. The Kier molecular flexibility index (Phi) is 3.29. The lowest BCUT2D eigenvalue weighted by Gasteiger charge is -2.48. The number of fused-ring (bicyclic) bond motifs is 1. The van der Waals surface area contributed by atoms with E-state index in [0.29, 0.717) is 0 Å². The first-order valence-corrected chi connectivity index (χ1v) is 6.40. The molecule has 2 aliphatic rings. The van der Waals surface area contributed by atoms with E-state index in [1.807, 2.05) is 13.8 Å². The number of carbonyl (C=O) groups is 1. The highest BCUT2D eigenvalue weighted by atomic mass is 16.3. The molecule has 0 saturated carbocycles. The summed E-state index contributed by atoms with van der Waals surface area (Å²) in [5.41, 5.74) is -1.35. The molecule has 0 fully saturated rings. The summed E-state index contributed by atoms with van der Waals surface area (Å²) in [4.78, 5) is 12.1. The van der Waals surface area contributed by atoms with E-state index in [-0.39, 0.29) is 17.9 Å². The van der Waals surface area contributed by atoms with Crippen LogP contribution in [0.3, 0.4) is 0 Å². The Hall–Kier alpha value is -1.23. The molecule has 0 bridgehead atoms. The van der Waals surface area contributed by atoms with Gasteiger partial charge in [-0.05, 0) is 29.6 Å². The van der Waals surface area contributed by atoms with Gasteiger partial charge in [-0.25, -0.2) is 0 Å². The smallest absolute Gasteiger partial charge is 0.191 e. The normalized spacial score (nSPS) is 41.7. The van der Waals surface area contributed by atoms with Crippen LogP contribution in [0.25, 0.3) is 0 Å². The predicted molar refractivity (Wildman–Crippen MR) is 71.3 cm³/mol. The minimum Gasteiger partial charge on any atom is -0.392 e. The number of hydrogen-bond donors (Lipinski definition) is 3. The molecule has 0 aromatic rings. The van der Waals surface area contributed by atoms with Crippen LogP contribution in [0.2, 0.25) is 0 Å². The molecule has 104 valence electrons. The van der Waals surface area contributed by atoms with Crippen molar-refractivity contribution in [2.45, 2.75) is 32.0 Å². The Balaban J connectivity index is 2.52. The molecule has 0 spiro atoms. The highest BCUT2D eigenvalue weighted by Crippen LogP contribution is 2.51. The van der Waals surface area contributed by atoms with Crippen LogP contribution in [0.5, 0.6) is 0 Å². The maximum absolute atomic E-state index is 12.1. The molecule has 4 unspecified atom stereocenters. The Bertz CT molecular complexity index is 490. The quantitative estimate of drug-likeness (QED) is 0.643. The van der Waals surface area contributed by atoms with Gasteiger partial charge in [0.25, 0.3) is 0 Å². The van der Waals surface area contributed by atoms with Crippen LogP contribution in [0.1, 0.15) is 20.3 Å². The highest BCUT2D eigenvalue weighted by molar-refractivity contribution is 6.01. The van der Waals surface area contributed by atoms with Crippen molar-refractivity contribution in [3.8, 4) is 0 Å². The molecule has 4 heteroatoms. The van der Waals surface area contributed by atoms with E-state index in [2.05, 4.69) is 6.58 Å². The Morgan fingerprint density at radius 1 is 1.58 bits per heavy atom. The molecule has 0 aromatic heterocycles. The third kappa shape index (κ3) is 1.91. The van der Waals surface area contributed by atoms with Crippen LogP contribution < -0.4 is 0 Å². The predicted octanol–water partition coefficient (Wildman–Crippen LogP) is 0.738. The molecule has 3 N–H and O–H groups in total. The van der Waals surface area contributed by atoms with Crippen LogP contribution in [0.4, 0.5) is 0 Å². The van der Waals surface area contributed by atoms with Crippen LogP contribution >= 0.6 is 0 Å². The minimum atomic E-state index is -1.74. The number of hydrogen-bond acceptors (Lipinski definition) is 4. The SMILES string of the molecule is C=C(CO)C1(O)CC2(C)C(=CC1=O)C=CC(O)C2C. The largest absolute Gasteiger partial charge is 0.392 e. The average Bonchev–Trinajstić information content (AvgIpc) is 2.37. The van der Waals surface area contributed by atoms with E-state index >= 15 is 0 Å². The van der Waals surface area contributed by atoms with Gasteiger partial charge in [-0.2, -0.15) is 0 Å². The first-order valence-electron chi connectivity index (χ1n) is 6.40. The van der Waals surface area contributed by atoms with Crippen molar-refractivity contribution in [1.29, 1.82) is 0 Å². The fourth-order valence-corrected chi connectivity index (χ4v) is 2.98. The van der Waals surface area contributed by atoms with E-state index in [1.165, 1.54) is 6.08 Å². The highest BCUT2D eigenvalue weighted by Gasteiger charge is 2.52. The van der Waals surface area contributed by atoms with Crippen molar-refractivity contribution in [1.82, 2.24) is 0 Å². The second-order valence-electron chi connectivity index (χ2n) is 5.82. The second-order valence-corrected chi connectivity index (χ2v) is 5.82. The summed E-state index contributed by atoms with van der Waals surface area (Å²) >= 11 is 0. The van der Waals surface area contributed by atoms with Gasteiger partial charge in [-0.3, -0.25) is 4.79 Å². The maximum Gasteiger partial charge on any atom is 0.191 e. The fraction of sp³-hybridized carbons (Fsp3) is 0.533. The van der Waals surface area contributed by atoms with Gasteiger partial charge >= 0.3 is 0 Å². The summed E-state index contributed by atoms with van der Waals surface area (Å²) in [7, 11) is 0. The van der Waals surface area contributed by atoms with Crippen LogP contribution in [0, 0.1) is 11.3 Å². The van der Waals surface area contributed by atoms with Gasteiger partial charge in [-0.1, -0.05) is 32.6 Å². The lowest BCUT2D eigenvalue weighted by atomic mass is 9.57. The number of carbonyl (C=O) groups excluding carboxylic acids is 1. The van der Waals surface area contributed by atoms with Crippen LogP contribution in [-0.4, -0.2) is 39.4 Å². The van der Waals surface area contributed by atoms with Gasteiger partial charge < -0.3 is 15.3 Å². The molecule has 2 aliphatic carbocycles. The molecule has 2 rings (SSSR count). The first kappa shape index (κ1) is 14.2. The summed E-state index contributed by atoms with van der Waals surface area (Å²) in [6.07, 6.45) is 4.33. The second kappa shape index (κ2) is 4.40. The fourth-order valence-electron chi connectivity index (χ4n) is 2.98. The third-order valence-electron chi connectivity index (χ3n) is 4.74. The number of ketones is 1. The zero-order valence-electron chi connectivity index (χ0n) is 11.3. The van der Waals surface area contributed by atoms with Crippen molar-refractivity contribution in [3.63, 3.8) is 0 Å². The number of rotatable bonds is 2. The van der Waals surface area contributed by atoms with E-state index in [0.717, 1.165) is 5.57 Å². The van der Waals surface area contributed by atoms with Crippen LogP contribution in [-0.2, 0) is 4.79 Å². The zero-order valence-corrected chi connectivity index (χ0v) is 11.3. The molecule has 0 heterocycles. The van der Waals surface area contributed by atoms with Gasteiger partial charge in [0.2, 0.25) is 0 Å². The van der Waals surface area contributed by atoms with E-state index in [1.54, 1.807) is 12.2 Å². The summed E-state index contributed by atoms with van der Waals surface area (Å²) in [5.74, 6) is -0.581. The summed E-state index contributed by atoms with van der Waals surface area (Å²) in [6.45, 7) is 6.97. The van der Waals surface area contributed by atoms with Crippen molar-refractivity contribution in [3.05, 3.63) is 36.0 Å². The summed E-state index contributed by atoms with van der Waals surface area (Å²) in [6, 6.07) is 0. The Labute approximate surface area is 112 Å². The first-order chi connectivity index (χ1) is 8.75. The van der Waals surface area contributed by atoms with Gasteiger partial charge in [0.05, 0.1) is 12.7 Å². The molecule has 4 atom stereocenters. The number of aliphatic hydroxyl groups excluding tert-OH is 2. The van der Waals surface area contributed by atoms with Gasteiger partial charge in [0, 0.05) is 5.41 Å². The average molecular weight is 264 g/mol. The molecular weight excluding hydrogens is 244 g/mol. The summed E-state index contributed by atoms with van der Waals surface area (Å²) in [5, 5.41) is 29.7. The monoisotopic (exact) mass is 264 g/mol. The molecule has 0 radical (unpaired) electrons.